The second kappa shape index (κ2) is 9.36. The van der Waals surface area contributed by atoms with Crippen molar-refractivity contribution in [1.82, 2.24) is 9.78 Å². The Balaban J connectivity index is 1.53. The van der Waals surface area contributed by atoms with Gasteiger partial charge in [0.25, 0.3) is 0 Å². The van der Waals surface area contributed by atoms with Crippen LogP contribution in [0.25, 0.3) is 22.4 Å². The number of hydrogen-bond donors (Lipinski definition) is 1. The third kappa shape index (κ3) is 3.80. The summed E-state index contributed by atoms with van der Waals surface area (Å²) in [6.45, 7) is 1.98. The number of benzene rings is 3. The number of aromatic nitrogens is 2. The molecule has 0 spiro atoms. The Morgan fingerprint density at radius 2 is 1.72 bits per heavy atom. The minimum absolute atomic E-state index is 0.0463. The third-order valence-corrected chi connectivity index (χ3v) is 8.85. The number of carboxylic acids is 1. The van der Waals surface area contributed by atoms with Crippen molar-refractivity contribution >= 4 is 11.8 Å². The van der Waals surface area contributed by atoms with E-state index in [0.717, 1.165) is 52.0 Å². The van der Waals surface area contributed by atoms with E-state index in [1.54, 1.807) is 18.2 Å². The molecule has 1 heterocycles. The first kappa shape index (κ1) is 24.8. The van der Waals surface area contributed by atoms with E-state index in [4.69, 9.17) is 5.10 Å². The number of aryl methyl sites for hydroxylation is 1. The lowest BCUT2D eigenvalue weighted by Crippen LogP contribution is -2.52. The molecule has 2 aliphatic rings. The Morgan fingerprint density at radius 1 is 1.03 bits per heavy atom. The van der Waals surface area contributed by atoms with E-state index < -0.39 is 17.3 Å². The molecule has 0 aliphatic heterocycles. The molecule has 2 aliphatic carbocycles. The van der Waals surface area contributed by atoms with Crippen LogP contribution in [0.3, 0.4) is 0 Å². The highest BCUT2D eigenvalue weighted by Gasteiger charge is 2.57. The van der Waals surface area contributed by atoms with Gasteiger partial charge in [-0.15, -0.1) is 0 Å². The molecule has 4 atom stereocenters. The van der Waals surface area contributed by atoms with E-state index in [0.29, 0.717) is 6.42 Å². The van der Waals surface area contributed by atoms with Gasteiger partial charge in [-0.1, -0.05) is 67.6 Å². The van der Waals surface area contributed by atoms with E-state index in [-0.39, 0.29) is 23.2 Å². The lowest BCUT2D eigenvalue weighted by Gasteiger charge is -2.50. The standard InChI is InChI=1S/C33H29N3O3/c1-20-28-15-14-27-29(23-10-6-8-21(16-23)22-9-7-11-24(17-22)32(38)39)36(2)35-31(27)33(28,18-25(19-34)30(20)37)26-12-4-3-5-13-26/h3-13,16-17,20,25,28H,14-15,18H2,1-2H3,(H,38,39)/t20-,25?,28-,33-/m0/s1. The zero-order chi connectivity index (χ0) is 27.3. The Hall–Kier alpha value is -4.50. The molecule has 1 N–H and O–H groups in total. The maximum absolute atomic E-state index is 13.1. The fourth-order valence-electron chi connectivity index (χ4n) is 7.10. The lowest BCUT2D eigenvalue weighted by molar-refractivity contribution is -0.131. The Bertz CT molecular complexity index is 1650. The second-order valence-electron chi connectivity index (χ2n) is 10.8. The quantitative estimate of drug-likeness (QED) is 0.357. The predicted octanol–water partition coefficient (Wildman–Crippen LogP) is 6.05. The third-order valence-electron chi connectivity index (χ3n) is 8.85. The van der Waals surface area contributed by atoms with Gasteiger partial charge in [0.15, 0.2) is 5.78 Å². The van der Waals surface area contributed by atoms with Gasteiger partial charge in [-0.3, -0.25) is 9.48 Å². The van der Waals surface area contributed by atoms with Crippen molar-refractivity contribution < 1.29 is 14.7 Å². The van der Waals surface area contributed by atoms with E-state index >= 15 is 0 Å². The molecule has 4 aromatic rings. The fourth-order valence-corrected chi connectivity index (χ4v) is 7.10. The number of carbonyl (C=O) groups is 2. The van der Waals surface area contributed by atoms with Crippen molar-refractivity contribution in [1.29, 1.82) is 5.26 Å². The molecular weight excluding hydrogens is 486 g/mol. The first-order valence-electron chi connectivity index (χ1n) is 13.3. The van der Waals surface area contributed by atoms with Gasteiger partial charge in [0.2, 0.25) is 0 Å². The van der Waals surface area contributed by atoms with Crippen LogP contribution < -0.4 is 0 Å². The summed E-state index contributed by atoms with van der Waals surface area (Å²) in [6, 6.07) is 27.7. The van der Waals surface area contributed by atoms with Gasteiger partial charge in [0, 0.05) is 29.5 Å². The number of carboxylic acid groups (broad SMARTS) is 1. The normalized spacial score (nSPS) is 23.9. The van der Waals surface area contributed by atoms with Crippen LogP contribution in [-0.4, -0.2) is 26.6 Å². The Kier molecular flexibility index (Phi) is 5.95. The van der Waals surface area contributed by atoms with Gasteiger partial charge in [0.05, 0.1) is 23.0 Å². The highest BCUT2D eigenvalue weighted by molar-refractivity contribution is 5.90. The maximum Gasteiger partial charge on any atom is 0.335 e. The molecule has 1 unspecified atom stereocenters. The SMILES string of the molecule is C[C@@H]1C(=O)C(C#N)C[C@@]2(c3ccccc3)c3nn(C)c(-c4cccc(-c5cccc(C(=O)O)c5)c4)c3CC[C@@H]12. The minimum Gasteiger partial charge on any atom is -0.478 e. The molecule has 6 nitrogen and oxygen atoms in total. The number of rotatable bonds is 4. The van der Waals surface area contributed by atoms with Crippen molar-refractivity contribution in [3.8, 4) is 28.5 Å². The number of carbonyl (C=O) groups excluding carboxylic acids is 1. The summed E-state index contributed by atoms with van der Waals surface area (Å²) in [5, 5.41) is 24.6. The molecule has 1 saturated carbocycles. The van der Waals surface area contributed by atoms with Crippen molar-refractivity contribution in [2.45, 2.75) is 31.6 Å². The molecular formula is C33H29N3O3. The lowest BCUT2D eigenvalue weighted by atomic mass is 9.51. The number of fused-ring (bicyclic) bond motifs is 3. The number of aromatic carboxylic acids is 1. The average Bonchev–Trinajstić information content (AvgIpc) is 3.31. The number of nitriles is 1. The highest BCUT2D eigenvalue weighted by atomic mass is 16.4. The molecule has 6 heteroatoms. The van der Waals surface area contributed by atoms with Gasteiger partial charge in [0.1, 0.15) is 5.92 Å². The molecule has 0 saturated heterocycles. The minimum atomic E-state index is -0.953. The molecule has 6 rings (SSSR count). The van der Waals surface area contributed by atoms with E-state index in [1.165, 1.54) is 0 Å². The van der Waals surface area contributed by atoms with Crippen molar-refractivity contribution in [3.05, 3.63) is 101 Å². The number of hydrogen-bond acceptors (Lipinski definition) is 4. The molecule has 3 aromatic carbocycles. The number of ketones is 1. The molecule has 1 fully saturated rings. The molecule has 0 radical (unpaired) electrons. The second-order valence-corrected chi connectivity index (χ2v) is 10.8. The summed E-state index contributed by atoms with van der Waals surface area (Å²) < 4.78 is 1.94. The molecule has 0 bridgehead atoms. The average molecular weight is 516 g/mol. The Labute approximate surface area is 227 Å². The van der Waals surface area contributed by atoms with Gasteiger partial charge in [-0.05, 0) is 60.1 Å². The maximum atomic E-state index is 13.1. The summed E-state index contributed by atoms with van der Waals surface area (Å²) >= 11 is 0. The predicted molar refractivity (Wildman–Crippen MR) is 148 cm³/mol. The summed E-state index contributed by atoms with van der Waals surface area (Å²) in [7, 11) is 1.96. The zero-order valence-electron chi connectivity index (χ0n) is 22.0. The summed E-state index contributed by atoms with van der Waals surface area (Å²) in [6.07, 6.45) is 2.07. The van der Waals surface area contributed by atoms with Crippen LogP contribution in [0.5, 0.6) is 0 Å². The zero-order valence-corrected chi connectivity index (χ0v) is 22.0. The van der Waals surface area contributed by atoms with Gasteiger partial charge in [-0.2, -0.15) is 10.4 Å². The summed E-state index contributed by atoms with van der Waals surface area (Å²) in [4.78, 5) is 24.7. The summed E-state index contributed by atoms with van der Waals surface area (Å²) in [5.74, 6) is -1.74. The Morgan fingerprint density at radius 3 is 2.44 bits per heavy atom. The van der Waals surface area contributed by atoms with Crippen LogP contribution >= 0.6 is 0 Å². The van der Waals surface area contributed by atoms with Crippen molar-refractivity contribution in [2.24, 2.45) is 24.8 Å². The highest BCUT2D eigenvalue weighted by Crippen LogP contribution is 2.57. The van der Waals surface area contributed by atoms with E-state index in [2.05, 4.69) is 30.3 Å². The van der Waals surface area contributed by atoms with E-state index in [1.807, 2.05) is 55.1 Å². The van der Waals surface area contributed by atoms with Crippen LogP contribution in [0.4, 0.5) is 0 Å². The fraction of sp³-hybridized carbons (Fsp3) is 0.273. The monoisotopic (exact) mass is 515 g/mol. The topological polar surface area (TPSA) is 96.0 Å². The van der Waals surface area contributed by atoms with Crippen LogP contribution in [0.2, 0.25) is 0 Å². The summed E-state index contributed by atoms with van der Waals surface area (Å²) in [5.41, 5.74) is 6.76. The first-order chi connectivity index (χ1) is 18.8. The van der Waals surface area contributed by atoms with Crippen molar-refractivity contribution in [2.75, 3.05) is 0 Å². The van der Waals surface area contributed by atoms with Gasteiger partial charge >= 0.3 is 5.97 Å². The van der Waals surface area contributed by atoms with Crippen LogP contribution in [-0.2, 0) is 23.7 Å². The van der Waals surface area contributed by atoms with Crippen LogP contribution in [0.15, 0.2) is 78.9 Å². The number of Topliss-reactive ketones (excluding diaryl/α,β-unsaturated/α-hetero) is 1. The van der Waals surface area contributed by atoms with Crippen LogP contribution in [0, 0.1) is 29.1 Å². The van der Waals surface area contributed by atoms with Crippen molar-refractivity contribution in [3.63, 3.8) is 0 Å². The molecule has 39 heavy (non-hydrogen) atoms. The van der Waals surface area contributed by atoms with Gasteiger partial charge < -0.3 is 5.11 Å². The number of nitrogens with zero attached hydrogens (tertiary/aromatic N) is 3. The molecule has 0 amide bonds. The van der Waals surface area contributed by atoms with Gasteiger partial charge in [-0.25, -0.2) is 4.79 Å². The molecule has 1 aromatic heterocycles. The molecule has 194 valence electrons. The van der Waals surface area contributed by atoms with Crippen LogP contribution in [0.1, 0.15) is 46.9 Å². The largest absolute Gasteiger partial charge is 0.478 e. The first-order valence-corrected chi connectivity index (χ1v) is 13.3. The smallest absolute Gasteiger partial charge is 0.335 e. The van der Waals surface area contributed by atoms with E-state index in [9.17, 15) is 20.0 Å².